The van der Waals surface area contributed by atoms with Crippen molar-refractivity contribution < 1.29 is 24.5 Å². The summed E-state index contributed by atoms with van der Waals surface area (Å²) in [5.41, 5.74) is 1.95. The van der Waals surface area contributed by atoms with Gasteiger partial charge in [0.05, 0.1) is 26.8 Å². The van der Waals surface area contributed by atoms with Crippen LogP contribution in [0.15, 0.2) is 42.5 Å². The first-order valence-corrected chi connectivity index (χ1v) is 11.2. The van der Waals surface area contributed by atoms with Crippen LogP contribution in [0.25, 0.3) is 0 Å². The third kappa shape index (κ3) is 6.03. The third-order valence-corrected chi connectivity index (χ3v) is 6.75. The fourth-order valence-corrected chi connectivity index (χ4v) is 4.60. The number of carboxylic acids is 1. The second-order valence-electron chi connectivity index (χ2n) is 7.20. The Morgan fingerprint density at radius 1 is 1.13 bits per heavy atom. The van der Waals surface area contributed by atoms with Crippen molar-refractivity contribution in [1.82, 2.24) is 9.80 Å². The maximum absolute atomic E-state index is 12.0. The number of thiocarbonyl (C=S) groups is 1. The zero-order valence-corrected chi connectivity index (χ0v) is 19.1. The number of rotatable bonds is 9. The quantitative estimate of drug-likeness (QED) is 0.546. The van der Waals surface area contributed by atoms with E-state index in [0.29, 0.717) is 37.0 Å². The molecule has 1 fully saturated rings. The van der Waals surface area contributed by atoms with Crippen molar-refractivity contribution in [3.05, 3.63) is 53.6 Å². The number of methoxy groups -OCH3 is 2. The van der Waals surface area contributed by atoms with E-state index in [-0.39, 0.29) is 5.75 Å². The smallest absolute Gasteiger partial charge is 0.321 e. The van der Waals surface area contributed by atoms with Gasteiger partial charge in [-0.1, -0.05) is 42.2 Å². The second kappa shape index (κ2) is 10.7. The number of thioether (sulfide) groups is 1. The highest BCUT2D eigenvalue weighted by Gasteiger charge is 2.31. The van der Waals surface area contributed by atoms with Crippen LogP contribution in [0.5, 0.6) is 17.2 Å². The number of aromatic hydroxyl groups is 1. The minimum absolute atomic E-state index is 0.163. The lowest BCUT2D eigenvalue weighted by Gasteiger charge is -2.39. The van der Waals surface area contributed by atoms with Gasteiger partial charge in [0.1, 0.15) is 16.1 Å². The second-order valence-corrected chi connectivity index (χ2v) is 8.78. The number of ether oxygens (including phenoxy) is 2. The molecular formula is C22H26N2O5S2. The van der Waals surface area contributed by atoms with Crippen molar-refractivity contribution in [2.24, 2.45) is 0 Å². The molecule has 3 rings (SSSR count). The Balaban J connectivity index is 1.66. The van der Waals surface area contributed by atoms with Gasteiger partial charge in [-0.2, -0.15) is 0 Å². The van der Waals surface area contributed by atoms with Crippen molar-refractivity contribution in [2.45, 2.75) is 18.9 Å². The predicted octanol–water partition coefficient (Wildman–Crippen LogP) is 3.20. The lowest BCUT2D eigenvalue weighted by Crippen LogP contribution is -2.52. The van der Waals surface area contributed by atoms with E-state index in [1.54, 1.807) is 38.5 Å². The molecule has 2 N–H and O–H groups in total. The summed E-state index contributed by atoms with van der Waals surface area (Å²) in [5.74, 6) is 1.18. The molecule has 7 nitrogen and oxygen atoms in total. The molecule has 0 saturated carbocycles. The van der Waals surface area contributed by atoms with Gasteiger partial charge < -0.3 is 24.6 Å². The average molecular weight is 463 g/mol. The largest absolute Gasteiger partial charge is 0.508 e. The van der Waals surface area contributed by atoms with Gasteiger partial charge in [-0.05, 0) is 48.2 Å². The molecule has 31 heavy (non-hydrogen) atoms. The number of benzene rings is 2. The van der Waals surface area contributed by atoms with Crippen molar-refractivity contribution in [3.63, 3.8) is 0 Å². The average Bonchev–Trinajstić information content (AvgIpc) is 2.77. The van der Waals surface area contributed by atoms with E-state index in [2.05, 4.69) is 0 Å². The molecule has 9 heteroatoms. The Hall–Kier alpha value is -2.49. The Kier molecular flexibility index (Phi) is 8.00. The number of hydrogen-bond donors (Lipinski definition) is 2. The van der Waals surface area contributed by atoms with E-state index < -0.39 is 12.0 Å². The highest BCUT2D eigenvalue weighted by atomic mass is 32.2. The summed E-state index contributed by atoms with van der Waals surface area (Å²) >= 11 is 7.00. The van der Waals surface area contributed by atoms with Crippen molar-refractivity contribution in [3.8, 4) is 17.2 Å². The fraction of sp³-hybridized carbons (Fsp3) is 0.364. The van der Waals surface area contributed by atoms with Gasteiger partial charge in [-0.3, -0.25) is 9.69 Å². The first-order valence-electron chi connectivity index (χ1n) is 9.78. The zero-order valence-electron chi connectivity index (χ0n) is 17.5. The molecule has 1 atom stereocenters. The Labute approximate surface area is 191 Å². The molecule has 1 aliphatic rings. The van der Waals surface area contributed by atoms with E-state index in [0.717, 1.165) is 21.9 Å². The molecule has 1 unspecified atom stereocenters. The molecule has 1 saturated heterocycles. The van der Waals surface area contributed by atoms with Crippen molar-refractivity contribution >= 4 is 34.3 Å². The van der Waals surface area contributed by atoms with E-state index in [4.69, 9.17) is 21.7 Å². The van der Waals surface area contributed by atoms with Gasteiger partial charge >= 0.3 is 5.97 Å². The topological polar surface area (TPSA) is 82.5 Å². The lowest BCUT2D eigenvalue weighted by molar-refractivity contribution is -0.143. The zero-order chi connectivity index (χ0) is 22.4. The third-order valence-electron chi connectivity index (χ3n) is 5.17. The van der Waals surface area contributed by atoms with E-state index in [9.17, 15) is 15.0 Å². The molecule has 166 valence electrons. The van der Waals surface area contributed by atoms with E-state index in [1.807, 2.05) is 28.0 Å². The molecule has 2 aromatic carbocycles. The highest BCUT2D eigenvalue weighted by Crippen LogP contribution is 2.28. The van der Waals surface area contributed by atoms with Crippen LogP contribution in [0, 0.1) is 0 Å². The molecule has 2 aromatic rings. The standard InChI is InChI=1S/C22H26N2O5S2/c1-28-19-8-5-16(12-20(19)29-2)9-10-23-13-24(14-31-22(23)30)18(21(26)27)11-15-3-6-17(25)7-4-15/h3-8,12,18,25H,9-11,13-14H2,1-2H3,(H,26,27). The summed E-state index contributed by atoms with van der Waals surface area (Å²) in [6.07, 6.45) is 1.09. The summed E-state index contributed by atoms with van der Waals surface area (Å²) in [6, 6.07) is 11.8. The number of hydrogen-bond acceptors (Lipinski definition) is 7. The van der Waals surface area contributed by atoms with Crippen LogP contribution in [0.3, 0.4) is 0 Å². The maximum atomic E-state index is 12.0. The minimum Gasteiger partial charge on any atom is -0.508 e. The van der Waals surface area contributed by atoms with Gasteiger partial charge in [0.25, 0.3) is 0 Å². The molecule has 0 radical (unpaired) electrons. The molecule has 1 heterocycles. The number of phenols is 1. The number of nitrogens with zero attached hydrogens (tertiary/aromatic N) is 2. The Morgan fingerprint density at radius 3 is 2.45 bits per heavy atom. The van der Waals surface area contributed by atoms with E-state index >= 15 is 0 Å². The van der Waals surface area contributed by atoms with Crippen molar-refractivity contribution in [1.29, 1.82) is 0 Å². The fourth-order valence-electron chi connectivity index (χ4n) is 3.43. The van der Waals surface area contributed by atoms with Crippen LogP contribution in [-0.2, 0) is 17.6 Å². The summed E-state index contributed by atoms with van der Waals surface area (Å²) in [4.78, 5) is 15.9. The molecule has 0 aliphatic carbocycles. The summed E-state index contributed by atoms with van der Waals surface area (Å²) < 4.78 is 11.4. The molecular weight excluding hydrogens is 436 g/mol. The normalized spacial score (nSPS) is 15.5. The molecule has 0 spiro atoms. The SMILES string of the molecule is COc1ccc(CCN2CN(C(Cc3ccc(O)cc3)C(=O)O)CSC2=S)cc1OC. The van der Waals surface area contributed by atoms with E-state index in [1.165, 1.54) is 11.8 Å². The number of aliphatic carboxylic acids is 1. The number of phenolic OH excluding ortho intramolecular Hbond substituents is 1. The van der Waals surface area contributed by atoms with Crippen LogP contribution >= 0.6 is 24.0 Å². The number of carbonyl (C=O) groups is 1. The van der Waals surface area contributed by atoms with Crippen LogP contribution in [0.4, 0.5) is 0 Å². The van der Waals surface area contributed by atoms with Gasteiger partial charge in [0.2, 0.25) is 0 Å². The lowest BCUT2D eigenvalue weighted by atomic mass is 10.0. The summed E-state index contributed by atoms with van der Waals surface area (Å²) in [6.45, 7) is 1.12. The summed E-state index contributed by atoms with van der Waals surface area (Å²) in [7, 11) is 3.21. The molecule has 0 aromatic heterocycles. The molecule has 1 aliphatic heterocycles. The monoisotopic (exact) mass is 462 g/mol. The summed E-state index contributed by atoms with van der Waals surface area (Å²) in [5, 5.41) is 19.3. The van der Waals surface area contributed by atoms with Crippen LogP contribution in [0.1, 0.15) is 11.1 Å². The van der Waals surface area contributed by atoms with Gasteiger partial charge in [-0.25, -0.2) is 0 Å². The van der Waals surface area contributed by atoms with Gasteiger partial charge in [0, 0.05) is 6.54 Å². The first kappa shape index (κ1) is 23.2. The predicted molar refractivity (Wildman–Crippen MR) is 125 cm³/mol. The van der Waals surface area contributed by atoms with Gasteiger partial charge in [-0.15, -0.1) is 0 Å². The van der Waals surface area contributed by atoms with Crippen LogP contribution in [0.2, 0.25) is 0 Å². The maximum Gasteiger partial charge on any atom is 0.321 e. The van der Waals surface area contributed by atoms with Crippen LogP contribution in [-0.4, -0.2) is 69.7 Å². The number of carboxylic acid groups (broad SMARTS) is 1. The minimum atomic E-state index is -0.874. The Bertz CT molecular complexity index is 923. The van der Waals surface area contributed by atoms with Gasteiger partial charge in [0.15, 0.2) is 11.5 Å². The first-order chi connectivity index (χ1) is 14.9. The van der Waals surface area contributed by atoms with Crippen molar-refractivity contribution in [2.75, 3.05) is 33.3 Å². The highest BCUT2D eigenvalue weighted by molar-refractivity contribution is 8.22. The molecule has 0 bridgehead atoms. The molecule has 0 amide bonds. The Morgan fingerprint density at radius 2 is 1.81 bits per heavy atom. The van der Waals surface area contributed by atoms with Crippen LogP contribution < -0.4 is 9.47 Å².